The highest BCUT2D eigenvalue weighted by molar-refractivity contribution is 5.92. The van der Waals surface area contributed by atoms with Crippen LogP contribution in [0.3, 0.4) is 0 Å². The van der Waals surface area contributed by atoms with Gasteiger partial charge in [0.2, 0.25) is 11.8 Å². The van der Waals surface area contributed by atoms with E-state index >= 15 is 0 Å². The molecule has 2 rings (SSSR count). The van der Waals surface area contributed by atoms with Gasteiger partial charge in [0, 0.05) is 30.4 Å². The second kappa shape index (κ2) is 9.78. The number of aromatic nitrogens is 1. The van der Waals surface area contributed by atoms with E-state index < -0.39 is 5.91 Å². The number of nitrogens with zero attached hydrogens (tertiary/aromatic N) is 1. The molecule has 0 spiro atoms. The maximum absolute atomic E-state index is 11.1. The average Bonchev–Trinajstić information content (AvgIpc) is 2.65. The van der Waals surface area contributed by atoms with Crippen LogP contribution in [0.4, 0.5) is 0 Å². The summed E-state index contributed by atoms with van der Waals surface area (Å²) in [6.07, 6.45) is 2.47. The van der Waals surface area contributed by atoms with E-state index in [-0.39, 0.29) is 0 Å². The zero-order valence-corrected chi connectivity index (χ0v) is 16.2. The number of ether oxygens (including phenoxy) is 3. The molecule has 0 radical (unpaired) electrons. The second-order valence-corrected chi connectivity index (χ2v) is 6.53. The number of hydrogen-bond acceptors (Lipinski definition) is 6. The molecule has 7 heteroatoms. The molecule has 2 aromatic rings. The first-order valence-corrected chi connectivity index (χ1v) is 8.84. The number of primary amides is 1. The zero-order chi connectivity index (χ0) is 19.8. The molecule has 7 nitrogen and oxygen atoms in total. The Kier molecular flexibility index (Phi) is 7.43. The van der Waals surface area contributed by atoms with Gasteiger partial charge < -0.3 is 25.3 Å². The number of pyridine rings is 1. The molecule has 0 unspecified atom stereocenters. The monoisotopic (exact) mass is 373 g/mol. The third kappa shape index (κ3) is 5.86. The van der Waals surface area contributed by atoms with Crippen molar-refractivity contribution in [2.75, 3.05) is 20.8 Å². The number of amides is 1. The van der Waals surface area contributed by atoms with Crippen LogP contribution in [0.25, 0.3) is 0 Å². The summed E-state index contributed by atoms with van der Waals surface area (Å²) in [6, 6.07) is 6.78. The van der Waals surface area contributed by atoms with Crippen molar-refractivity contribution in [3.05, 3.63) is 41.6 Å². The van der Waals surface area contributed by atoms with E-state index in [9.17, 15) is 4.79 Å². The summed E-state index contributed by atoms with van der Waals surface area (Å²) in [6.45, 7) is 5.98. The minimum Gasteiger partial charge on any atom is -0.496 e. The highest BCUT2D eigenvalue weighted by Gasteiger charge is 2.14. The second-order valence-electron chi connectivity index (χ2n) is 6.53. The van der Waals surface area contributed by atoms with Crippen LogP contribution in [0.15, 0.2) is 30.5 Å². The highest BCUT2D eigenvalue weighted by atomic mass is 16.5. The van der Waals surface area contributed by atoms with Gasteiger partial charge in [0.05, 0.1) is 19.8 Å². The number of nitrogens with one attached hydrogen (secondary N) is 1. The van der Waals surface area contributed by atoms with E-state index in [4.69, 9.17) is 19.9 Å². The normalized spacial score (nSPS) is 10.7. The van der Waals surface area contributed by atoms with Crippen molar-refractivity contribution in [2.45, 2.75) is 26.8 Å². The number of rotatable bonds is 10. The standard InChI is InChI=1S/C20H27N3O4/c1-13(2)7-8-22-11-15-9-17(26-4)18(10-16(15)25-3)27-19-6-5-14(12-23-19)20(21)24/h5-6,9-10,12-13,22H,7-8,11H2,1-4H3,(H2,21,24). The lowest BCUT2D eigenvalue weighted by Gasteiger charge is -2.16. The number of hydrogen-bond donors (Lipinski definition) is 2. The van der Waals surface area contributed by atoms with E-state index in [2.05, 4.69) is 24.1 Å². The lowest BCUT2D eigenvalue weighted by molar-refractivity contribution is 0.1000. The van der Waals surface area contributed by atoms with E-state index in [1.165, 1.54) is 6.20 Å². The Bertz CT molecular complexity index is 761. The molecule has 0 saturated heterocycles. The molecular weight excluding hydrogens is 346 g/mol. The van der Waals surface area contributed by atoms with Gasteiger partial charge in [-0.25, -0.2) is 4.98 Å². The summed E-state index contributed by atoms with van der Waals surface area (Å²) in [5.41, 5.74) is 6.51. The third-order valence-corrected chi connectivity index (χ3v) is 4.02. The predicted octanol–water partition coefficient (Wildman–Crippen LogP) is 3.13. The number of carbonyl (C=O) groups is 1. The largest absolute Gasteiger partial charge is 0.496 e. The summed E-state index contributed by atoms with van der Waals surface area (Å²) in [5.74, 6) is 2.16. The van der Waals surface area contributed by atoms with Gasteiger partial charge in [-0.05, 0) is 31.0 Å². The van der Waals surface area contributed by atoms with Gasteiger partial charge in [0.15, 0.2) is 11.5 Å². The topological polar surface area (TPSA) is 95.7 Å². The molecule has 0 aliphatic carbocycles. The fourth-order valence-electron chi connectivity index (χ4n) is 2.46. The smallest absolute Gasteiger partial charge is 0.250 e. The summed E-state index contributed by atoms with van der Waals surface area (Å²) < 4.78 is 16.7. The van der Waals surface area contributed by atoms with Crippen LogP contribution >= 0.6 is 0 Å². The SMILES string of the molecule is COc1cc(Oc2ccc(C(N)=O)cn2)c(OC)cc1CNCCC(C)C. The number of nitrogens with two attached hydrogens (primary N) is 1. The Morgan fingerprint density at radius 3 is 2.44 bits per heavy atom. The van der Waals surface area contributed by atoms with E-state index in [0.717, 1.165) is 18.5 Å². The summed E-state index contributed by atoms with van der Waals surface area (Å²) in [4.78, 5) is 15.2. The Labute approximate surface area is 159 Å². The summed E-state index contributed by atoms with van der Waals surface area (Å²) in [7, 11) is 3.19. The average molecular weight is 373 g/mol. The molecule has 1 aromatic heterocycles. The lowest BCUT2D eigenvalue weighted by atomic mass is 10.1. The number of benzene rings is 1. The molecule has 1 aromatic carbocycles. The Morgan fingerprint density at radius 1 is 1.15 bits per heavy atom. The molecule has 27 heavy (non-hydrogen) atoms. The van der Waals surface area contributed by atoms with Crippen molar-refractivity contribution >= 4 is 5.91 Å². The first-order chi connectivity index (χ1) is 12.9. The van der Waals surface area contributed by atoms with E-state index in [1.807, 2.05) is 6.07 Å². The van der Waals surface area contributed by atoms with Crippen molar-refractivity contribution in [1.29, 1.82) is 0 Å². The number of carbonyl (C=O) groups excluding carboxylic acids is 1. The van der Waals surface area contributed by atoms with Gasteiger partial charge >= 0.3 is 0 Å². The van der Waals surface area contributed by atoms with Crippen LogP contribution in [0.5, 0.6) is 23.1 Å². The fraction of sp³-hybridized carbons (Fsp3) is 0.400. The van der Waals surface area contributed by atoms with Crippen LogP contribution in [-0.4, -0.2) is 31.7 Å². The third-order valence-electron chi connectivity index (χ3n) is 4.02. The zero-order valence-electron chi connectivity index (χ0n) is 16.2. The molecule has 0 bridgehead atoms. The first-order valence-electron chi connectivity index (χ1n) is 8.84. The maximum Gasteiger partial charge on any atom is 0.250 e. The maximum atomic E-state index is 11.1. The van der Waals surface area contributed by atoms with Gasteiger partial charge in [-0.1, -0.05) is 13.8 Å². The molecule has 0 fully saturated rings. The van der Waals surface area contributed by atoms with Gasteiger partial charge in [-0.3, -0.25) is 4.79 Å². The highest BCUT2D eigenvalue weighted by Crippen LogP contribution is 2.37. The molecule has 146 valence electrons. The van der Waals surface area contributed by atoms with Crippen molar-refractivity contribution in [2.24, 2.45) is 11.7 Å². The van der Waals surface area contributed by atoms with Crippen molar-refractivity contribution in [3.8, 4) is 23.1 Å². The molecular formula is C20H27N3O4. The minimum atomic E-state index is -0.539. The van der Waals surface area contributed by atoms with Gasteiger partial charge in [0.25, 0.3) is 0 Å². The Morgan fingerprint density at radius 2 is 1.89 bits per heavy atom. The predicted molar refractivity (Wildman–Crippen MR) is 104 cm³/mol. The van der Waals surface area contributed by atoms with Crippen molar-refractivity contribution < 1.29 is 19.0 Å². The van der Waals surface area contributed by atoms with Crippen molar-refractivity contribution in [3.63, 3.8) is 0 Å². The minimum absolute atomic E-state index is 0.315. The Hall–Kier alpha value is -2.80. The van der Waals surface area contributed by atoms with Gasteiger partial charge in [-0.2, -0.15) is 0 Å². The van der Waals surface area contributed by atoms with Crippen molar-refractivity contribution in [1.82, 2.24) is 10.3 Å². The van der Waals surface area contributed by atoms with Crippen LogP contribution in [0, 0.1) is 5.92 Å². The summed E-state index contributed by atoms with van der Waals surface area (Å²) in [5, 5.41) is 3.41. The van der Waals surface area contributed by atoms with Gasteiger partial charge in [-0.15, -0.1) is 0 Å². The fourth-order valence-corrected chi connectivity index (χ4v) is 2.46. The first kappa shape index (κ1) is 20.5. The van der Waals surface area contributed by atoms with Crippen LogP contribution in [0.2, 0.25) is 0 Å². The van der Waals surface area contributed by atoms with E-state index in [0.29, 0.717) is 41.2 Å². The Balaban J connectivity index is 2.17. The van der Waals surface area contributed by atoms with Crippen LogP contribution < -0.4 is 25.3 Å². The number of methoxy groups -OCH3 is 2. The quantitative estimate of drug-likeness (QED) is 0.621. The van der Waals surface area contributed by atoms with E-state index in [1.54, 1.807) is 32.4 Å². The summed E-state index contributed by atoms with van der Waals surface area (Å²) >= 11 is 0. The molecule has 0 aliphatic rings. The molecule has 0 atom stereocenters. The molecule has 1 amide bonds. The lowest BCUT2D eigenvalue weighted by Crippen LogP contribution is -2.17. The van der Waals surface area contributed by atoms with Crippen LogP contribution in [0.1, 0.15) is 36.2 Å². The molecule has 0 saturated carbocycles. The molecule has 3 N–H and O–H groups in total. The van der Waals surface area contributed by atoms with Crippen LogP contribution in [-0.2, 0) is 6.54 Å². The molecule has 0 aliphatic heterocycles. The van der Waals surface area contributed by atoms with Gasteiger partial charge in [0.1, 0.15) is 5.75 Å². The molecule has 1 heterocycles.